The first-order valence-corrected chi connectivity index (χ1v) is 9.65. The van der Waals surface area contributed by atoms with Crippen molar-refractivity contribution in [2.45, 2.75) is 29.8 Å². The van der Waals surface area contributed by atoms with Crippen molar-refractivity contribution in [2.75, 3.05) is 26.2 Å². The van der Waals surface area contributed by atoms with Crippen LogP contribution >= 0.6 is 0 Å². The maximum Gasteiger partial charge on any atom is 0.339 e. The van der Waals surface area contributed by atoms with E-state index < -0.39 is 32.9 Å². The standard InChI is InChI=1S/C16H20N2O7S/c19-13-2-1-11(9-12(13)15(21)22)26(23,24)18-6-3-16(4-7-18)10-14(20)17-5-8-25-16/h1-2,9,19H,3-8,10H2,(H,17,20)(H,21,22). The van der Waals surface area contributed by atoms with Crippen molar-refractivity contribution >= 4 is 21.9 Å². The van der Waals surface area contributed by atoms with Gasteiger partial charge in [-0.1, -0.05) is 0 Å². The van der Waals surface area contributed by atoms with Crippen molar-refractivity contribution in [3.63, 3.8) is 0 Å². The van der Waals surface area contributed by atoms with Crippen molar-refractivity contribution in [2.24, 2.45) is 0 Å². The molecule has 3 rings (SSSR count). The summed E-state index contributed by atoms with van der Waals surface area (Å²) in [5.41, 5.74) is -1.13. The van der Waals surface area contributed by atoms with Gasteiger partial charge < -0.3 is 20.3 Å². The molecule has 1 aromatic carbocycles. The number of sulfonamides is 1. The van der Waals surface area contributed by atoms with Crippen LogP contribution in [0.1, 0.15) is 29.6 Å². The van der Waals surface area contributed by atoms with Crippen LogP contribution in [0.3, 0.4) is 0 Å². The summed E-state index contributed by atoms with van der Waals surface area (Å²) < 4.78 is 32.7. The number of benzene rings is 1. The summed E-state index contributed by atoms with van der Waals surface area (Å²) >= 11 is 0. The Hall–Kier alpha value is -2.17. The SMILES string of the molecule is O=C1CC2(CCN(S(=O)(=O)c3ccc(O)c(C(=O)O)c3)CC2)OCCN1. The number of nitrogens with zero attached hydrogens (tertiary/aromatic N) is 1. The first kappa shape index (κ1) is 18.6. The van der Waals surface area contributed by atoms with E-state index in [9.17, 15) is 23.1 Å². The number of hydrogen-bond donors (Lipinski definition) is 3. The van der Waals surface area contributed by atoms with Gasteiger partial charge in [0.15, 0.2) is 0 Å². The van der Waals surface area contributed by atoms with Gasteiger partial charge in [0.25, 0.3) is 0 Å². The van der Waals surface area contributed by atoms with E-state index in [0.29, 0.717) is 26.0 Å². The smallest absolute Gasteiger partial charge is 0.339 e. The van der Waals surface area contributed by atoms with Crippen molar-refractivity contribution in [3.05, 3.63) is 23.8 Å². The number of amides is 1. The molecule has 2 saturated heterocycles. The Balaban J connectivity index is 1.79. The number of aromatic carboxylic acids is 1. The van der Waals surface area contributed by atoms with Gasteiger partial charge in [-0.15, -0.1) is 0 Å². The first-order chi connectivity index (χ1) is 12.2. The fourth-order valence-electron chi connectivity index (χ4n) is 3.32. The Labute approximate surface area is 150 Å². The van der Waals surface area contributed by atoms with E-state index in [0.717, 1.165) is 12.1 Å². The van der Waals surface area contributed by atoms with E-state index in [1.165, 1.54) is 10.4 Å². The fourth-order valence-corrected chi connectivity index (χ4v) is 4.78. The molecule has 0 bridgehead atoms. The summed E-state index contributed by atoms with van der Waals surface area (Å²) in [5, 5.41) is 21.3. The van der Waals surface area contributed by atoms with Crippen LogP contribution in [0.15, 0.2) is 23.1 Å². The highest BCUT2D eigenvalue weighted by atomic mass is 32.2. The lowest BCUT2D eigenvalue weighted by Gasteiger charge is -2.39. The molecule has 2 aliphatic heterocycles. The molecule has 1 spiro atoms. The van der Waals surface area contributed by atoms with Crippen LogP contribution in [0.2, 0.25) is 0 Å². The van der Waals surface area contributed by atoms with E-state index in [-0.39, 0.29) is 30.3 Å². The van der Waals surface area contributed by atoms with Crippen molar-refractivity contribution in [3.8, 4) is 5.75 Å². The third kappa shape index (κ3) is 3.53. The quantitative estimate of drug-likeness (QED) is 0.675. The Morgan fingerprint density at radius 1 is 1.27 bits per heavy atom. The number of carbonyl (C=O) groups is 2. The summed E-state index contributed by atoms with van der Waals surface area (Å²) in [6.45, 7) is 1.16. The average Bonchev–Trinajstić information content (AvgIpc) is 2.76. The molecule has 0 aliphatic carbocycles. The molecule has 2 fully saturated rings. The summed E-state index contributed by atoms with van der Waals surface area (Å²) in [7, 11) is -3.91. The van der Waals surface area contributed by atoms with Crippen LogP contribution < -0.4 is 5.32 Å². The largest absolute Gasteiger partial charge is 0.507 e. The van der Waals surface area contributed by atoms with Crippen LogP contribution in [0.25, 0.3) is 0 Å². The molecular formula is C16H20N2O7S. The van der Waals surface area contributed by atoms with Gasteiger partial charge in [0.05, 0.1) is 23.5 Å². The van der Waals surface area contributed by atoms with Gasteiger partial charge in [0, 0.05) is 19.6 Å². The summed E-state index contributed by atoms with van der Waals surface area (Å²) in [5.74, 6) is -2.01. The average molecular weight is 384 g/mol. The molecular weight excluding hydrogens is 364 g/mol. The topological polar surface area (TPSA) is 133 Å². The fraction of sp³-hybridized carbons (Fsp3) is 0.500. The number of nitrogens with one attached hydrogen (secondary N) is 1. The number of hydrogen-bond acceptors (Lipinski definition) is 6. The molecule has 10 heteroatoms. The Morgan fingerprint density at radius 3 is 2.62 bits per heavy atom. The Morgan fingerprint density at radius 2 is 1.96 bits per heavy atom. The third-order valence-corrected chi connectivity index (χ3v) is 6.68. The molecule has 2 aliphatic rings. The van der Waals surface area contributed by atoms with Gasteiger partial charge >= 0.3 is 5.97 Å². The monoisotopic (exact) mass is 384 g/mol. The molecule has 0 unspecified atom stereocenters. The molecule has 0 saturated carbocycles. The number of phenols is 1. The predicted octanol–water partition coefficient (Wildman–Crippen LogP) is 0.150. The number of aromatic hydroxyl groups is 1. The summed E-state index contributed by atoms with van der Waals surface area (Å²) in [6.07, 6.45) is 0.955. The second-order valence-electron chi connectivity index (χ2n) is 6.45. The lowest BCUT2D eigenvalue weighted by Crippen LogP contribution is -2.48. The van der Waals surface area contributed by atoms with Crippen molar-refractivity contribution < 1.29 is 33.0 Å². The highest BCUT2D eigenvalue weighted by Crippen LogP contribution is 2.33. The summed E-state index contributed by atoms with van der Waals surface area (Å²) in [4.78, 5) is 22.7. The molecule has 9 nitrogen and oxygen atoms in total. The molecule has 1 amide bonds. The highest BCUT2D eigenvalue weighted by Gasteiger charge is 2.41. The molecule has 26 heavy (non-hydrogen) atoms. The maximum absolute atomic E-state index is 12.8. The number of carboxylic acids is 1. The second kappa shape index (κ2) is 6.86. The van der Waals surface area contributed by atoms with E-state index in [2.05, 4.69) is 5.32 Å². The van der Waals surface area contributed by atoms with Crippen molar-refractivity contribution in [1.82, 2.24) is 9.62 Å². The van der Waals surface area contributed by atoms with E-state index in [1.54, 1.807) is 0 Å². The van der Waals surface area contributed by atoms with Gasteiger partial charge in [-0.05, 0) is 31.0 Å². The lowest BCUT2D eigenvalue weighted by molar-refractivity contribution is -0.127. The number of ether oxygens (including phenoxy) is 1. The number of rotatable bonds is 3. The Bertz CT molecular complexity index is 829. The van der Waals surface area contributed by atoms with Gasteiger partial charge in [0.2, 0.25) is 15.9 Å². The van der Waals surface area contributed by atoms with E-state index >= 15 is 0 Å². The molecule has 3 N–H and O–H groups in total. The predicted molar refractivity (Wildman–Crippen MR) is 89.4 cm³/mol. The van der Waals surface area contributed by atoms with Crippen LogP contribution in [0.5, 0.6) is 5.75 Å². The minimum atomic E-state index is -3.91. The minimum Gasteiger partial charge on any atom is -0.507 e. The van der Waals surface area contributed by atoms with E-state index in [4.69, 9.17) is 9.84 Å². The normalized spacial score (nSPS) is 21.2. The second-order valence-corrected chi connectivity index (χ2v) is 8.38. The van der Waals surface area contributed by atoms with Gasteiger partial charge in [-0.2, -0.15) is 4.31 Å². The molecule has 142 valence electrons. The van der Waals surface area contributed by atoms with Crippen LogP contribution in [-0.2, 0) is 19.6 Å². The molecule has 1 aromatic rings. The van der Waals surface area contributed by atoms with Gasteiger partial charge in [-0.25, -0.2) is 13.2 Å². The van der Waals surface area contributed by atoms with Crippen molar-refractivity contribution in [1.29, 1.82) is 0 Å². The number of carbonyl (C=O) groups excluding carboxylic acids is 1. The lowest BCUT2D eigenvalue weighted by atomic mass is 9.88. The van der Waals surface area contributed by atoms with Gasteiger partial charge in [0.1, 0.15) is 11.3 Å². The first-order valence-electron chi connectivity index (χ1n) is 8.21. The summed E-state index contributed by atoms with van der Waals surface area (Å²) in [6, 6.07) is 3.19. The molecule has 0 atom stereocenters. The zero-order valence-electron chi connectivity index (χ0n) is 14.0. The minimum absolute atomic E-state index is 0.108. The third-order valence-electron chi connectivity index (χ3n) is 4.79. The number of piperidine rings is 1. The zero-order valence-corrected chi connectivity index (χ0v) is 14.8. The van der Waals surface area contributed by atoms with Crippen LogP contribution in [-0.4, -0.2) is 66.7 Å². The zero-order chi connectivity index (χ0) is 18.9. The molecule has 2 heterocycles. The van der Waals surface area contributed by atoms with Crippen LogP contribution in [0, 0.1) is 0 Å². The maximum atomic E-state index is 12.8. The molecule has 0 aromatic heterocycles. The van der Waals surface area contributed by atoms with E-state index in [1.807, 2.05) is 0 Å². The van der Waals surface area contributed by atoms with Crippen LogP contribution in [0.4, 0.5) is 0 Å². The molecule has 0 radical (unpaired) electrons. The Kier molecular flexibility index (Phi) is 4.91. The highest BCUT2D eigenvalue weighted by molar-refractivity contribution is 7.89. The van der Waals surface area contributed by atoms with Gasteiger partial charge in [-0.3, -0.25) is 4.79 Å². The number of carboxylic acid groups (broad SMARTS) is 1.